The maximum absolute atomic E-state index is 10.3. The van der Waals surface area contributed by atoms with Crippen LogP contribution in [0.3, 0.4) is 0 Å². The molecule has 11 heavy (non-hydrogen) atoms. The van der Waals surface area contributed by atoms with Gasteiger partial charge in [0.25, 0.3) is 0 Å². The van der Waals surface area contributed by atoms with Gasteiger partial charge in [-0.3, -0.25) is 9.48 Å². The zero-order valence-electron chi connectivity index (χ0n) is 5.35. The second kappa shape index (κ2) is 3.77. The second-order valence-electron chi connectivity index (χ2n) is 1.68. The van der Waals surface area contributed by atoms with E-state index in [1.807, 2.05) is 0 Å². The van der Waals surface area contributed by atoms with Crippen LogP contribution in [0.15, 0.2) is 11.1 Å². The molecule has 0 saturated carbocycles. The molecule has 0 amide bonds. The average molecular weight is 180 g/mol. The monoisotopic (exact) mass is 179 g/mol. The largest absolute Gasteiger partial charge is 0.480 e. The van der Waals surface area contributed by atoms with Crippen molar-refractivity contribution >= 4 is 18.4 Å². The van der Waals surface area contributed by atoms with E-state index in [2.05, 4.69) is 10.1 Å². The Hall–Kier alpha value is -1.30. The Morgan fingerprint density at radius 3 is 2.82 bits per heavy atom. The number of carboxylic acids is 1. The third-order valence-corrected chi connectivity index (χ3v) is 0.859. The van der Waals surface area contributed by atoms with Gasteiger partial charge >= 0.3 is 11.7 Å². The molecule has 0 aliphatic carbocycles. The molecule has 0 bridgehead atoms. The Morgan fingerprint density at radius 2 is 2.45 bits per heavy atom. The summed E-state index contributed by atoms with van der Waals surface area (Å²) in [6.45, 7) is -0.269. The summed E-state index contributed by atoms with van der Waals surface area (Å²) >= 11 is 0. The number of aliphatic carboxylic acids is 1. The molecule has 0 radical (unpaired) electrons. The SMILES string of the molecule is Cl.O=C(O)Cn1cnc(=O)[nH]1. The van der Waals surface area contributed by atoms with Gasteiger partial charge in [0.05, 0.1) is 0 Å². The van der Waals surface area contributed by atoms with E-state index in [1.165, 1.54) is 0 Å². The minimum Gasteiger partial charge on any atom is -0.480 e. The van der Waals surface area contributed by atoms with Gasteiger partial charge in [-0.2, -0.15) is 4.98 Å². The molecule has 1 heterocycles. The quantitative estimate of drug-likeness (QED) is 0.615. The third kappa shape index (κ3) is 2.85. The Bertz CT molecular complexity index is 291. The predicted molar refractivity (Wildman–Crippen MR) is 37.7 cm³/mol. The summed E-state index contributed by atoms with van der Waals surface area (Å²) in [7, 11) is 0. The molecular formula is C4H6ClN3O3. The lowest BCUT2D eigenvalue weighted by atomic mass is 10.7. The van der Waals surface area contributed by atoms with E-state index in [0.29, 0.717) is 0 Å². The summed E-state index contributed by atoms with van der Waals surface area (Å²) in [5.41, 5.74) is -0.541. The number of nitrogens with zero attached hydrogens (tertiary/aromatic N) is 2. The Labute approximate surface area is 67.3 Å². The Morgan fingerprint density at radius 1 is 1.82 bits per heavy atom. The van der Waals surface area contributed by atoms with Gasteiger partial charge in [-0.15, -0.1) is 12.4 Å². The van der Waals surface area contributed by atoms with E-state index in [9.17, 15) is 9.59 Å². The van der Waals surface area contributed by atoms with E-state index >= 15 is 0 Å². The summed E-state index contributed by atoms with van der Waals surface area (Å²) in [6.07, 6.45) is 1.14. The summed E-state index contributed by atoms with van der Waals surface area (Å²) in [4.78, 5) is 23.6. The lowest BCUT2D eigenvalue weighted by Gasteiger charge is -1.91. The van der Waals surface area contributed by atoms with E-state index < -0.39 is 11.7 Å². The number of nitrogens with one attached hydrogen (secondary N) is 1. The highest BCUT2D eigenvalue weighted by Gasteiger charge is 1.97. The number of carbonyl (C=O) groups is 1. The fourth-order valence-electron chi connectivity index (χ4n) is 0.529. The fraction of sp³-hybridized carbons (Fsp3) is 0.250. The van der Waals surface area contributed by atoms with Crippen molar-refractivity contribution in [1.29, 1.82) is 0 Å². The molecule has 0 fully saturated rings. The molecule has 2 N–H and O–H groups in total. The van der Waals surface area contributed by atoms with Crippen LogP contribution in [0.1, 0.15) is 0 Å². The number of rotatable bonds is 2. The molecule has 1 rings (SSSR count). The summed E-state index contributed by atoms with van der Waals surface area (Å²) in [5.74, 6) is -1.02. The van der Waals surface area contributed by atoms with Crippen LogP contribution < -0.4 is 5.69 Å². The molecule has 6 nitrogen and oxygen atoms in total. The van der Waals surface area contributed by atoms with Crippen molar-refractivity contribution in [2.75, 3.05) is 0 Å². The van der Waals surface area contributed by atoms with Crippen LogP contribution in [0.2, 0.25) is 0 Å². The van der Waals surface area contributed by atoms with E-state index in [1.54, 1.807) is 0 Å². The lowest BCUT2D eigenvalue weighted by Crippen LogP contribution is -2.12. The van der Waals surface area contributed by atoms with Crippen molar-refractivity contribution in [2.45, 2.75) is 6.54 Å². The number of hydrogen-bond donors (Lipinski definition) is 2. The second-order valence-corrected chi connectivity index (χ2v) is 1.68. The summed E-state index contributed by atoms with van der Waals surface area (Å²) in [6, 6.07) is 0. The zero-order valence-corrected chi connectivity index (χ0v) is 6.17. The summed E-state index contributed by atoms with van der Waals surface area (Å²) < 4.78 is 1.09. The van der Waals surface area contributed by atoms with Crippen LogP contribution in [-0.4, -0.2) is 25.8 Å². The highest BCUT2D eigenvalue weighted by atomic mass is 35.5. The number of aromatic amines is 1. The van der Waals surface area contributed by atoms with Crippen LogP contribution in [0, 0.1) is 0 Å². The molecule has 0 spiro atoms. The Kier molecular flexibility index (Phi) is 3.32. The molecule has 0 aromatic carbocycles. The number of aromatic nitrogens is 3. The molecule has 0 atom stereocenters. The maximum atomic E-state index is 10.3. The minimum atomic E-state index is -1.02. The maximum Gasteiger partial charge on any atom is 0.361 e. The first kappa shape index (κ1) is 9.70. The lowest BCUT2D eigenvalue weighted by molar-refractivity contribution is -0.137. The highest BCUT2D eigenvalue weighted by molar-refractivity contribution is 5.85. The van der Waals surface area contributed by atoms with Gasteiger partial charge < -0.3 is 5.11 Å². The molecule has 1 aromatic rings. The van der Waals surface area contributed by atoms with Crippen LogP contribution in [0.4, 0.5) is 0 Å². The van der Waals surface area contributed by atoms with Gasteiger partial charge in [0, 0.05) is 0 Å². The first-order valence-electron chi connectivity index (χ1n) is 2.52. The molecule has 62 valence electrons. The van der Waals surface area contributed by atoms with E-state index in [-0.39, 0.29) is 19.0 Å². The van der Waals surface area contributed by atoms with Crippen molar-refractivity contribution in [3.8, 4) is 0 Å². The molecular weight excluding hydrogens is 174 g/mol. The molecule has 7 heteroatoms. The van der Waals surface area contributed by atoms with E-state index in [4.69, 9.17) is 5.11 Å². The number of H-pyrrole nitrogens is 1. The van der Waals surface area contributed by atoms with Gasteiger partial charge in [0.2, 0.25) is 0 Å². The van der Waals surface area contributed by atoms with Gasteiger partial charge in [-0.25, -0.2) is 9.89 Å². The molecule has 0 unspecified atom stereocenters. The van der Waals surface area contributed by atoms with Gasteiger partial charge in [-0.1, -0.05) is 0 Å². The normalized spacial score (nSPS) is 8.73. The average Bonchev–Trinajstić information content (AvgIpc) is 2.13. The first-order chi connectivity index (χ1) is 4.68. The van der Waals surface area contributed by atoms with Crippen molar-refractivity contribution in [3.05, 3.63) is 16.8 Å². The van der Waals surface area contributed by atoms with Crippen molar-refractivity contribution in [3.63, 3.8) is 0 Å². The number of halogens is 1. The Balaban J connectivity index is 0.000001000. The summed E-state index contributed by atoms with van der Waals surface area (Å²) in [5, 5.41) is 10.4. The van der Waals surface area contributed by atoms with Crippen molar-refractivity contribution in [2.24, 2.45) is 0 Å². The first-order valence-corrected chi connectivity index (χ1v) is 2.52. The topological polar surface area (TPSA) is 88.0 Å². The van der Waals surface area contributed by atoms with Crippen molar-refractivity contribution < 1.29 is 9.90 Å². The van der Waals surface area contributed by atoms with E-state index in [0.717, 1.165) is 11.0 Å². The fourth-order valence-corrected chi connectivity index (χ4v) is 0.529. The van der Waals surface area contributed by atoms with Gasteiger partial charge in [-0.05, 0) is 0 Å². The molecule has 0 aliphatic heterocycles. The predicted octanol–water partition coefficient (Wildman–Crippen LogP) is -0.922. The number of carboxylic acid groups (broad SMARTS) is 1. The molecule has 0 saturated heterocycles. The molecule has 1 aromatic heterocycles. The smallest absolute Gasteiger partial charge is 0.361 e. The van der Waals surface area contributed by atoms with Gasteiger partial charge in [0.1, 0.15) is 12.9 Å². The highest BCUT2D eigenvalue weighted by Crippen LogP contribution is 1.74. The minimum absolute atomic E-state index is 0. The van der Waals surface area contributed by atoms with Crippen LogP contribution >= 0.6 is 12.4 Å². The standard InChI is InChI=1S/C4H5N3O3.ClH/c8-3(9)1-7-2-5-4(10)6-7;/h2H,1H2,(H,6,10)(H,8,9);1H. The van der Waals surface area contributed by atoms with Crippen LogP contribution in [-0.2, 0) is 11.3 Å². The van der Waals surface area contributed by atoms with Crippen LogP contribution in [0.5, 0.6) is 0 Å². The number of hydrogen-bond acceptors (Lipinski definition) is 3. The van der Waals surface area contributed by atoms with Crippen molar-refractivity contribution in [1.82, 2.24) is 14.8 Å². The van der Waals surface area contributed by atoms with Crippen LogP contribution in [0.25, 0.3) is 0 Å². The molecule has 0 aliphatic rings. The third-order valence-electron chi connectivity index (χ3n) is 0.859. The van der Waals surface area contributed by atoms with Gasteiger partial charge in [0.15, 0.2) is 0 Å². The zero-order chi connectivity index (χ0) is 7.56.